The Kier molecular flexibility index (Phi) is 5.12. The first-order valence-corrected chi connectivity index (χ1v) is 5.60. The molecule has 82 valence electrons. The fourth-order valence-corrected chi connectivity index (χ4v) is 1.97. The Morgan fingerprint density at radius 1 is 1.43 bits per heavy atom. The van der Waals surface area contributed by atoms with E-state index in [9.17, 15) is 4.79 Å². The molecule has 0 radical (unpaired) electrons. The fourth-order valence-electron chi connectivity index (χ4n) is 1.97. The number of nitrogens with zero attached hydrogens (tertiary/aromatic N) is 1. The molecule has 1 aliphatic rings. The zero-order valence-corrected chi connectivity index (χ0v) is 9.38. The third-order valence-electron chi connectivity index (χ3n) is 3.02. The molecule has 1 heterocycles. The Hall–Kier alpha value is -0.410. The highest BCUT2D eigenvalue weighted by Crippen LogP contribution is 2.18. The van der Waals surface area contributed by atoms with Crippen molar-refractivity contribution in [2.45, 2.75) is 25.7 Å². The van der Waals surface area contributed by atoms with Gasteiger partial charge in [0, 0.05) is 12.3 Å². The molecule has 0 aromatic rings. The van der Waals surface area contributed by atoms with Crippen molar-refractivity contribution >= 4 is 5.78 Å². The molecule has 3 nitrogen and oxygen atoms in total. The van der Waals surface area contributed by atoms with E-state index in [1.165, 1.54) is 0 Å². The molecule has 0 aromatic heterocycles. The van der Waals surface area contributed by atoms with Crippen LogP contribution in [0.15, 0.2) is 0 Å². The third kappa shape index (κ3) is 3.76. The summed E-state index contributed by atoms with van der Waals surface area (Å²) in [4.78, 5) is 14.0. The number of hydrogen-bond acceptors (Lipinski definition) is 3. The van der Waals surface area contributed by atoms with Gasteiger partial charge in [0.25, 0.3) is 0 Å². The van der Waals surface area contributed by atoms with Crippen molar-refractivity contribution in [2.24, 2.45) is 5.92 Å². The maximum atomic E-state index is 11.7. The van der Waals surface area contributed by atoms with Gasteiger partial charge in [-0.25, -0.2) is 0 Å². The minimum atomic E-state index is 0.350. The first-order valence-electron chi connectivity index (χ1n) is 5.60. The smallest absolute Gasteiger partial charge is 0.136 e. The van der Waals surface area contributed by atoms with Gasteiger partial charge in [0.2, 0.25) is 0 Å². The number of carbonyl (C=O) groups is 1. The second-order valence-electron chi connectivity index (χ2n) is 4.25. The summed E-state index contributed by atoms with van der Waals surface area (Å²) in [6.07, 6.45) is 3.88. The molecule has 1 N–H and O–H groups in total. The Bertz CT molecular complexity index is 174. The summed E-state index contributed by atoms with van der Waals surface area (Å²) in [5.74, 6) is 0.830. The Balaban J connectivity index is 2.17. The average Bonchev–Trinajstić information content (AvgIpc) is 2.19. The maximum absolute atomic E-state index is 11.7. The van der Waals surface area contributed by atoms with Gasteiger partial charge in [0.15, 0.2) is 0 Å². The van der Waals surface area contributed by atoms with Crippen molar-refractivity contribution in [1.29, 1.82) is 0 Å². The Labute approximate surface area is 86.9 Å². The van der Waals surface area contributed by atoms with Crippen LogP contribution in [-0.4, -0.2) is 44.4 Å². The van der Waals surface area contributed by atoms with Crippen LogP contribution in [0.5, 0.6) is 0 Å². The predicted octanol–water partition coefficient (Wildman–Crippen LogP) is 0.897. The van der Waals surface area contributed by atoms with E-state index in [1.807, 2.05) is 7.05 Å². The second kappa shape index (κ2) is 6.14. The molecule has 0 unspecified atom stereocenters. The summed E-state index contributed by atoms with van der Waals surface area (Å²) >= 11 is 0. The van der Waals surface area contributed by atoms with Crippen molar-refractivity contribution in [3.05, 3.63) is 0 Å². The Morgan fingerprint density at radius 2 is 2.07 bits per heavy atom. The summed E-state index contributed by atoms with van der Waals surface area (Å²) in [5, 5.41) is 3.07. The molecule has 1 saturated heterocycles. The van der Waals surface area contributed by atoms with Gasteiger partial charge in [0.05, 0.1) is 0 Å². The molecule has 0 aromatic carbocycles. The van der Waals surface area contributed by atoms with E-state index >= 15 is 0 Å². The van der Waals surface area contributed by atoms with Crippen LogP contribution in [0.2, 0.25) is 0 Å². The van der Waals surface area contributed by atoms with Gasteiger partial charge in [0.1, 0.15) is 5.78 Å². The lowest BCUT2D eigenvalue weighted by Crippen LogP contribution is -2.33. The van der Waals surface area contributed by atoms with E-state index in [0.717, 1.165) is 45.3 Å². The van der Waals surface area contributed by atoms with Gasteiger partial charge in [-0.3, -0.25) is 4.79 Å². The van der Waals surface area contributed by atoms with Crippen molar-refractivity contribution < 1.29 is 4.79 Å². The van der Waals surface area contributed by atoms with E-state index in [-0.39, 0.29) is 0 Å². The molecule has 1 fully saturated rings. The first kappa shape index (κ1) is 11.7. The number of rotatable bonds is 5. The van der Waals surface area contributed by atoms with Crippen LogP contribution in [0.25, 0.3) is 0 Å². The molecular weight excluding hydrogens is 176 g/mol. The molecule has 0 atom stereocenters. The normalized spacial score (nSPS) is 19.9. The van der Waals surface area contributed by atoms with Crippen LogP contribution in [-0.2, 0) is 4.79 Å². The van der Waals surface area contributed by atoms with Crippen LogP contribution in [0.4, 0.5) is 0 Å². The first-order chi connectivity index (χ1) is 6.74. The quantitative estimate of drug-likeness (QED) is 0.666. The highest BCUT2D eigenvalue weighted by molar-refractivity contribution is 5.81. The van der Waals surface area contributed by atoms with E-state index in [2.05, 4.69) is 17.3 Å². The number of likely N-dealkylation sites (tertiary alicyclic amines) is 1. The van der Waals surface area contributed by atoms with Gasteiger partial charge < -0.3 is 10.2 Å². The average molecular weight is 198 g/mol. The topological polar surface area (TPSA) is 32.3 Å². The third-order valence-corrected chi connectivity index (χ3v) is 3.02. The second-order valence-corrected chi connectivity index (χ2v) is 4.25. The van der Waals surface area contributed by atoms with Gasteiger partial charge in [-0.05, 0) is 53.0 Å². The molecule has 0 spiro atoms. The molecule has 14 heavy (non-hydrogen) atoms. The lowest BCUT2D eigenvalue weighted by atomic mass is 9.90. The van der Waals surface area contributed by atoms with Crippen LogP contribution in [0.1, 0.15) is 25.7 Å². The summed E-state index contributed by atoms with van der Waals surface area (Å²) in [7, 11) is 4.06. The molecule has 1 aliphatic heterocycles. The Morgan fingerprint density at radius 3 is 2.64 bits per heavy atom. The largest absolute Gasteiger partial charge is 0.320 e. The van der Waals surface area contributed by atoms with Gasteiger partial charge >= 0.3 is 0 Å². The molecule has 0 saturated carbocycles. The van der Waals surface area contributed by atoms with Crippen molar-refractivity contribution in [3.8, 4) is 0 Å². The van der Waals surface area contributed by atoms with Crippen molar-refractivity contribution in [2.75, 3.05) is 33.7 Å². The zero-order chi connectivity index (χ0) is 10.4. The monoisotopic (exact) mass is 198 g/mol. The van der Waals surface area contributed by atoms with Crippen LogP contribution in [0.3, 0.4) is 0 Å². The van der Waals surface area contributed by atoms with E-state index < -0.39 is 0 Å². The number of piperidine rings is 1. The number of Topliss-reactive ketones (excluding diaryl/α,β-unsaturated/α-hetero) is 1. The minimum Gasteiger partial charge on any atom is -0.320 e. The number of hydrogen-bond donors (Lipinski definition) is 1. The molecule has 0 aliphatic carbocycles. The molecule has 3 heteroatoms. The van der Waals surface area contributed by atoms with Gasteiger partial charge in [-0.2, -0.15) is 0 Å². The minimum absolute atomic E-state index is 0.350. The van der Waals surface area contributed by atoms with Gasteiger partial charge in [-0.15, -0.1) is 0 Å². The SMILES string of the molecule is CNCCCC(=O)C1CCN(C)CC1. The summed E-state index contributed by atoms with van der Waals surface area (Å²) in [5.41, 5.74) is 0. The van der Waals surface area contributed by atoms with Crippen molar-refractivity contribution in [1.82, 2.24) is 10.2 Å². The lowest BCUT2D eigenvalue weighted by molar-refractivity contribution is -0.124. The highest BCUT2D eigenvalue weighted by Gasteiger charge is 2.22. The number of ketones is 1. The number of carbonyl (C=O) groups excluding carboxylic acids is 1. The number of nitrogens with one attached hydrogen (secondary N) is 1. The molecule has 0 bridgehead atoms. The fraction of sp³-hybridized carbons (Fsp3) is 0.909. The van der Waals surface area contributed by atoms with E-state index in [4.69, 9.17) is 0 Å². The molecule has 1 rings (SSSR count). The molecular formula is C11H22N2O. The van der Waals surface area contributed by atoms with Gasteiger partial charge in [-0.1, -0.05) is 0 Å². The molecule has 0 amide bonds. The van der Waals surface area contributed by atoms with Crippen LogP contribution < -0.4 is 5.32 Å². The summed E-state index contributed by atoms with van der Waals surface area (Å²) in [6, 6.07) is 0. The van der Waals surface area contributed by atoms with E-state index in [0.29, 0.717) is 11.7 Å². The zero-order valence-electron chi connectivity index (χ0n) is 9.38. The van der Waals surface area contributed by atoms with Crippen LogP contribution in [0, 0.1) is 5.92 Å². The standard InChI is InChI=1S/C11H22N2O/c1-12-7-3-4-11(14)10-5-8-13(2)9-6-10/h10,12H,3-9H2,1-2H3. The van der Waals surface area contributed by atoms with Crippen molar-refractivity contribution in [3.63, 3.8) is 0 Å². The van der Waals surface area contributed by atoms with Crippen LogP contribution >= 0.6 is 0 Å². The summed E-state index contributed by atoms with van der Waals surface area (Å²) in [6.45, 7) is 3.13. The summed E-state index contributed by atoms with van der Waals surface area (Å²) < 4.78 is 0. The van der Waals surface area contributed by atoms with E-state index in [1.54, 1.807) is 0 Å². The predicted molar refractivity (Wildman–Crippen MR) is 58.4 cm³/mol. The highest BCUT2D eigenvalue weighted by atomic mass is 16.1. The maximum Gasteiger partial charge on any atom is 0.136 e. The lowest BCUT2D eigenvalue weighted by Gasteiger charge is -2.27.